The SMILES string of the molecule is OCOc1ccc2cc(O)ccc2c1. The summed E-state index contributed by atoms with van der Waals surface area (Å²) >= 11 is 0. The molecule has 0 saturated carbocycles. The largest absolute Gasteiger partial charge is 0.508 e. The molecule has 2 aromatic carbocycles. The molecule has 0 spiro atoms. The Morgan fingerprint density at radius 1 is 1.00 bits per heavy atom. The summed E-state index contributed by atoms with van der Waals surface area (Å²) in [7, 11) is 0. The van der Waals surface area contributed by atoms with Gasteiger partial charge in [0.2, 0.25) is 0 Å². The van der Waals surface area contributed by atoms with Gasteiger partial charge in [0.25, 0.3) is 0 Å². The van der Waals surface area contributed by atoms with E-state index in [1.807, 2.05) is 12.1 Å². The van der Waals surface area contributed by atoms with Crippen LogP contribution in [0.5, 0.6) is 11.5 Å². The van der Waals surface area contributed by atoms with Crippen LogP contribution in [0.4, 0.5) is 0 Å². The molecule has 0 saturated heterocycles. The Hall–Kier alpha value is -1.74. The molecular formula is C11H10O3. The van der Waals surface area contributed by atoms with Gasteiger partial charge in [-0.2, -0.15) is 0 Å². The highest BCUT2D eigenvalue weighted by molar-refractivity contribution is 5.85. The summed E-state index contributed by atoms with van der Waals surface area (Å²) in [6, 6.07) is 10.5. The van der Waals surface area contributed by atoms with E-state index < -0.39 is 0 Å². The molecule has 0 aliphatic carbocycles. The summed E-state index contributed by atoms with van der Waals surface area (Å²) in [5.41, 5.74) is 0. The van der Waals surface area contributed by atoms with E-state index in [-0.39, 0.29) is 12.5 Å². The van der Waals surface area contributed by atoms with Gasteiger partial charge < -0.3 is 14.9 Å². The van der Waals surface area contributed by atoms with Crippen LogP contribution in [0.3, 0.4) is 0 Å². The molecule has 0 atom stereocenters. The fourth-order valence-electron chi connectivity index (χ4n) is 1.38. The average molecular weight is 190 g/mol. The van der Waals surface area contributed by atoms with E-state index in [4.69, 9.17) is 9.84 Å². The van der Waals surface area contributed by atoms with Gasteiger partial charge in [0.15, 0.2) is 6.79 Å². The first-order chi connectivity index (χ1) is 6.79. The Balaban J connectivity index is 2.50. The quantitative estimate of drug-likeness (QED) is 0.711. The van der Waals surface area contributed by atoms with Gasteiger partial charge in [-0.25, -0.2) is 0 Å². The predicted molar refractivity (Wildman–Crippen MR) is 53.3 cm³/mol. The maximum Gasteiger partial charge on any atom is 0.186 e. The predicted octanol–water partition coefficient (Wildman–Crippen LogP) is 1.87. The Kier molecular flexibility index (Phi) is 2.24. The molecule has 0 unspecified atom stereocenters. The first kappa shape index (κ1) is 8.84. The van der Waals surface area contributed by atoms with Crippen molar-refractivity contribution < 1.29 is 14.9 Å². The van der Waals surface area contributed by atoms with Crippen LogP contribution in [-0.2, 0) is 0 Å². The van der Waals surface area contributed by atoms with Crippen molar-refractivity contribution in [1.82, 2.24) is 0 Å². The van der Waals surface area contributed by atoms with Gasteiger partial charge in [-0.15, -0.1) is 0 Å². The van der Waals surface area contributed by atoms with Gasteiger partial charge in [0, 0.05) is 0 Å². The molecule has 14 heavy (non-hydrogen) atoms. The summed E-state index contributed by atoms with van der Waals surface area (Å²) in [5.74, 6) is 0.860. The highest BCUT2D eigenvalue weighted by Crippen LogP contribution is 2.23. The zero-order chi connectivity index (χ0) is 9.97. The average Bonchev–Trinajstić information content (AvgIpc) is 2.19. The molecule has 0 heterocycles. The number of ether oxygens (including phenoxy) is 1. The summed E-state index contributed by atoms with van der Waals surface area (Å²) in [6.45, 7) is -0.330. The molecule has 0 aromatic heterocycles. The van der Waals surface area contributed by atoms with Crippen LogP contribution >= 0.6 is 0 Å². The third kappa shape index (κ3) is 1.63. The molecule has 0 fully saturated rings. The fourth-order valence-corrected chi connectivity index (χ4v) is 1.38. The van der Waals surface area contributed by atoms with Gasteiger partial charge in [-0.3, -0.25) is 0 Å². The topological polar surface area (TPSA) is 49.7 Å². The standard InChI is InChI=1S/C11H10O3/c12-7-14-11-4-2-8-5-10(13)3-1-9(8)6-11/h1-6,12-13H,7H2. The Morgan fingerprint density at radius 3 is 2.50 bits per heavy atom. The molecule has 72 valence electrons. The van der Waals surface area contributed by atoms with Gasteiger partial charge >= 0.3 is 0 Å². The number of benzene rings is 2. The van der Waals surface area contributed by atoms with Crippen LogP contribution in [0.25, 0.3) is 10.8 Å². The van der Waals surface area contributed by atoms with E-state index in [2.05, 4.69) is 0 Å². The highest BCUT2D eigenvalue weighted by Gasteiger charge is 1.97. The van der Waals surface area contributed by atoms with Gasteiger partial charge in [-0.05, 0) is 35.0 Å². The number of fused-ring (bicyclic) bond motifs is 1. The van der Waals surface area contributed by atoms with Crippen LogP contribution in [0.1, 0.15) is 0 Å². The van der Waals surface area contributed by atoms with Gasteiger partial charge in [0.05, 0.1) is 0 Å². The highest BCUT2D eigenvalue weighted by atomic mass is 16.6. The van der Waals surface area contributed by atoms with E-state index in [1.165, 1.54) is 0 Å². The summed E-state index contributed by atoms with van der Waals surface area (Å²) in [4.78, 5) is 0. The van der Waals surface area contributed by atoms with Gasteiger partial charge in [-0.1, -0.05) is 12.1 Å². The molecule has 0 radical (unpaired) electrons. The van der Waals surface area contributed by atoms with Crippen molar-refractivity contribution in [3.05, 3.63) is 36.4 Å². The molecule has 2 aromatic rings. The zero-order valence-electron chi connectivity index (χ0n) is 7.47. The summed E-state index contributed by atoms with van der Waals surface area (Å²) < 4.78 is 4.94. The van der Waals surface area contributed by atoms with Crippen molar-refractivity contribution in [3.63, 3.8) is 0 Å². The molecule has 3 nitrogen and oxygen atoms in total. The van der Waals surface area contributed by atoms with Crippen molar-refractivity contribution in [2.75, 3.05) is 6.79 Å². The summed E-state index contributed by atoms with van der Waals surface area (Å²) in [5, 5.41) is 19.7. The minimum Gasteiger partial charge on any atom is -0.508 e. The van der Waals surface area contributed by atoms with Crippen LogP contribution in [0.15, 0.2) is 36.4 Å². The minimum absolute atomic E-state index is 0.244. The second kappa shape index (κ2) is 3.55. The third-order valence-electron chi connectivity index (χ3n) is 2.03. The van der Waals surface area contributed by atoms with E-state index in [0.29, 0.717) is 5.75 Å². The zero-order valence-corrected chi connectivity index (χ0v) is 7.47. The Labute approximate surface area is 81.2 Å². The van der Waals surface area contributed by atoms with Crippen molar-refractivity contribution in [2.45, 2.75) is 0 Å². The maximum atomic E-state index is 9.23. The van der Waals surface area contributed by atoms with E-state index in [0.717, 1.165) is 10.8 Å². The first-order valence-electron chi connectivity index (χ1n) is 4.26. The summed E-state index contributed by atoms with van der Waals surface area (Å²) in [6.07, 6.45) is 0. The smallest absolute Gasteiger partial charge is 0.186 e. The molecular weight excluding hydrogens is 180 g/mol. The lowest BCUT2D eigenvalue weighted by molar-refractivity contribution is 0.0987. The van der Waals surface area contributed by atoms with Gasteiger partial charge in [0.1, 0.15) is 11.5 Å². The van der Waals surface area contributed by atoms with Crippen LogP contribution in [0, 0.1) is 0 Å². The number of hydrogen-bond acceptors (Lipinski definition) is 3. The number of aromatic hydroxyl groups is 1. The second-order valence-electron chi connectivity index (χ2n) is 2.97. The van der Waals surface area contributed by atoms with Crippen molar-refractivity contribution in [2.24, 2.45) is 0 Å². The number of rotatable bonds is 2. The normalized spacial score (nSPS) is 10.4. The number of aliphatic hydroxyl groups excluding tert-OH is 1. The monoisotopic (exact) mass is 190 g/mol. The lowest BCUT2D eigenvalue weighted by Gasteiger charge is -2.04. The number of phenolic OH excluding ortho intramolecular Hbond substituents is 1. The molecule has 3 heteroatoms. The number of aliphatic hydroxyl groups is 1. The number of phenols is 1. The minimum atomic E-state index is -0.330. The van der Waals surface area contributed by atoms with E-state index in [1.54, 1.807) is 24.3 Å². The molecule has 0 aliphatic heterocycles. The molecule has 0 amide bonds. The Bertz CT molecular complexity index is 451. The fraction of sp³-hybridized carbons (Fsp3) is 0.0909. The lowest BCUT2D eigenvalue weighted by atomic mass is 10.1. The van der Waals surface area contributed by atoms with Crippen molar-refractivity contribution >= 4 is 10.8 Å². The van der Waals surface area contributed by atoms with E-state index in [9.17, 15) is 5.11 Å². The van der Waals surface area contributed by atoms with Crippen molar-refractivity contribution in [3.8, 4) is 11.5 Å². The van der Waals surface area contributed by atoms with Crippen LogP contribution in [0.2, 0.25) is 0 Å². The molecule has 2 N–H and O–H groups in total. The second-order valence-corrected chi connectivity index (χ2v) is 2.97. The van der Waals surface area contributed by atoms with E-state index >= 15 is 0 Å². The molecule has 0 bridgehead atoms. The third-order valence-corrected chi connectivity index (χ3v) is 2.03. The number of hydrogen-bond donors (Lipinski definition) is 2. The Morgan fingerprint density at radius 2 is 1.71 bits per heavy atom. The lowest BCUT2D eigenvalue weighted by Crippen LogP contribution is -1.93. The maximum absolute atomic E-state index is 9.23. The molecule has 2 rings (SSSR count). The van der Waals surface area contributed by atoms with Crippen LogP contribution < -0.4 is 4.74 Å². The molecule has 0 aliphatic rings. The van der Waals surface area contributed by atoms with Crippen molar-refractivity contribution in [1.29, 1.82) is 0 Å². The van der Waals surface area contributed by atoms with Crippen LogP contribution in [-0.4, -0.2) is 17.0 Å². The first-order valence-corrected chi connectivity index (χ1v) is 4.26.